The predicted octanol–water partition coefficient (Wildman–Crippen LogP) is 33.6. The lowest BCUT2D eigenvalue weighted by molar-refractivity contribution is -0.152. The Morgan fingerprint density at radius 2 is 0.500 bits per heavy atom. The van der Waals surface area contributed by atoms with Gasteiger partial charge in [0.2, 0.25) is 0 Å². The van der Waals surface area contributed by atoms with Crippen molar-refractivity contribution in [3.63, 3.8) is 0 Å². The van der Waals surface area contributed by atoms with Gasteiger partial charge in [0.25, 0.3) is 0 Å². The molecule has 0 saturated heterocycles. The molecule has 18 nitrogen and oxygen atoms in total. The van der Waals surface area contributed by atoms with Crippen LogP contribution in [0.4, 0.5) is 0 Å². The van der Waals surface area contributed by atoms with E-state index < -0.39 is 0 Å². The summed E-state index contributed by atoms with van der Waals surface area (Å²) >= 11 is 0. The standard InChI is InChI=1S/C47H93NO5.C39H73NO5.C38H73NO5/c1-6-9-12-15-20-27-34-44(35-28-21-16-13-10-7-2)52-46(50)37-30-23-18-25-32-39-48(41-42-49)40-33-26-19-24-31-38-47(51)53-45(43(4)5)36-29-22-17-14-11-8-3;1-2-3-4-5-6-13-21-34-44-38(42)24-17-9-7-11-19-30-40(32-33-41)31-20-12-8-10-18-25-39(43)45-37-28-26-36(27-29-37)35-22-15-14-16-23-35;1-3-5-7-8-9-16-22-34-43-37(41)24-18-12-10-14-20-30-39(32-33-40)31-21-15-11-13-19-25-38(42)44-36-28-26-35(27-29-36)23-17-6-4-2/h43-45,49H,6-42H2,1-5H3;35-37,41H,2-34H2,1H3;35-36,40H,3-34H2,1-2H3. The topological polar surface area (TPSA) is 228 Å². The van der Waals surface area contributed by atoms with Crippen LogP contribution in [0.15, 0.2) is 0 Å². The minimum Gasteiger partial charge on any atom is -0.466 e. The average molecular weight is 2010 g/mol. The van der Waals surface area contributed by atoms with Gasteiger partial charge in [-0.1, -0.05) is 402 Å². The number of ether oxygens (including phenoxy) is 6. The molecule has 3 aliphatic carbocycles. The zero-order chi connectivity index (χ0) is 103. The van der Waals surface area contributed by atoms with Crippen LogP contribution in [0.2, 0.25) is 0 Å². The Labute approximate surface area is 878 Å². The van der Waals surface area contributed by atoms with Gasteiger partial charge >= 0.3 is 35.8 Å². The predicted molar refractivity (Wildman–Crippen MR) is 598 cm³/mol. The summed E-state index contributed by atoms with van der Waals surface area (Å²) in [5.41, 5.74) is 0. The smallest absolute Gasteiger partial charge is 0.306 e. The van der Waals surface area contributed by atoms with Crippen LogP contribution in [0.3, 0.4) is 0 Å². The first-order chi connectivity index (χ1) is 69.6. The first kappa shape index (κ1) is 137. The molecule has 3 N–H and O–H groups in total. The highest BCUT2D eigenvalue weighted by atomic mass is 16.6. The average Bonchev–Trinajstić information content (AvgIpc) is 0.861. The van der Waals surface area contributed by atoms with Gasteiger partial charge < -0.3 is 58.4 Å². The molecule has 18 heteroatoms. The van der Waals surface area contributed by atoms with Crippen molar-refractivity contribution in [1.82, 2.24) is 14.7 Å². The minimum atomic E-state index is -0.0319. The number of rotatable bonds is 101. The highest BCUT2D eigenvalue weighted by molar-refractivity contribution is 5.71. The summed E-state index contributed by atoms with van der Waals surface area (Å²) in [5, 5.41) is 28.5. The van der Waals surface area contributed by atoms with Crippen LogP contribution in [-0.4, -0.2) is 182 Å². The van der Waals surface area contributed by atoms with E-state index in [1.165, 1.54) is 308 Å². The summed E-state index contributed by atoms with van der Waals surface area (Å²) in [7, 11) is 0. The molecule has 0 aliphatic heterocycles. The second-order valence-electron chi connectivity index (χ2n) is 44.6. The lowest BCUT2D eigenvalue weighted by atomic mass is 9.73. The fraction of sp³-hybridized carbons (Fsp3) is 0.952. The van der Waals surface area contributed by atoms with Gasteiger partial charge in [0.1, 0.15) is 24.4 Å². The fourth-order valence-corrected chi connectivity index (χ4v) is 21.6. The van der Waals surface area contributed by atoms with Crippen LogP contribution in [0.1, 0.15) is 620 Å². The maximum Gasteiger partial charge on any atom is 0.306 e. The molecule has 840 valence electrons. The second kappa shape index (κ2) is 106. The van der Waals surface area contributed by atoms with Crippen LogP contribution in [-0.2, 0) is 57.2 Å². The highest BCUT2D eigenvalue weighted by Gasteiger charge is 2.31. The third-order valence-corrected chi connectivity index (χ3v) is 31.0. The van der Waals surface area contributed by atoms with Crippen LogP contribution in [0.5, 0.6) is 0 Å². The van der Waals surface area contributed by atoms with Crippen molar-refractivity contribution in [3.8, 4) is 0 Å². The minimum absolute atomic E-state index is 0.00675. The van der Waals surface area contributed by atoms with Gasteiger partial charge in [-0.2, -0.15) is 0 Å². The van der Waals surface area contributed by atoms with E-state index in [1.54, 1.807) is 0 Å². The summed E-state index contributed by atoms with van der Waals surface area (Å²) in [6.45, 7) is 28.1. The second-order valence-corrected chi connectivity index (χ2v) is 44.6. The molecule has 3 fully saturated rings. The molecule has 1 unspecified atom stereocenters. The maximum atomic E-state index is 12.7. The first-order valence-corrected chi connectivity index (χ1v) is 62.7. The Morgan fingerprint density at radius 3 is 0.817 bits per heavy atom. The van der Waals surface area contributed by atoms with E-state index >= 15 is 0 Å². The Hall–Kier alpha value is -3.42. The fourth-order valence-electron chi connectivity index (χ4n) is 21.6. The zero-order valence-electron chi connectivity index (χ0n) is 95.3. The van der Waals surface area contributed by atoms with Crippen LogP contribution >= 0.6 is 0 Å². The zero-order valence-corrected chi connectivity index (χ0v) is 95.3. The Bertz CT molecular complexity index is 2670. The van der Waals surface area contributed by atoms with E-state index in [2.05, 4.69) is 70.1 Å². The highest BCUT2D eigenvalue weighted by Crippen LogP contribution is 2.40. The SMILES string of the molecule is CCCCCCCCC(CCCCCCCC)OC(=O)CCCCCCCN(CCO)CCCCCCCC(=O)OC(CCCCCCCC)C(C)C.CCCCCCCCCOC(=O)CCCCCCCN(CCO)CCCCCCCC(=O)OC1CCC(C2CCCCC2)CC1.CCCCCCCCCOC(=O)CCCCCCCN(CCO)CCCCCCCC(=O)OC1CCC(CCCCC)CC1. The third-order valence-electron chi connectivity index (χ3n) is 31.0. The molecular formula is C124H239N3O15. The van der Waals surface area contributed by atoms with E-state index in [0.717, 1.165) is 295 Å². The Morgan fingerprint density at radius 1 is 0.246 bits per heavy atom. The molecule has 0 heterocycles. The Kier molecular flexibility index (Phi) is 102. The molecular weight excluding hydrogens is 1770 g/mol. The van der Waals surface area contributed by atoms with Crippen molar-refractivity contribution in [2.75, 3.05) is 91.9 Å². The molecule has 0 radical (unpaired) electrons. The maximum absolute atomic E-state index is 12.7. The molecule has 0 spiro atoms. The quantitative estimate of drug-likeness (QED) is 0.0292. The van der Waals surface area contributed by atoms with Gasteiger partial charge in [-0.05, 0) is 243 Å². The van der Waals surface area contributed by atoms with Crippen molar-refractivity contribution < 1.29 is 72.5 Å². The molecule has 3 saturated carbocycles. The van der Waals surface area contributed by atoms with Crippen LogP contribution < -0.4 is 0 Å². The van der Waals surface area contributed by atoms with Crippen molar-refractivity contribution >= 4 is 35.8 Å². The summed E-state index contributed by atoms with van der Waals surface area (Å²) in [5.74, 6) is 3.01. The summed E-state index contributed by atoms with van der Waals surface area (Å²) in [4.78, 5) is 80.9. The van der Waals surface area contributed by atoms with Crippen molar-refractivity contribution in [2.45, 2.75) is 645 Å². The molecule has 0 amide bonds. The van der Waals surface area contributed by atoms with Crippen molar-refractivity contribution in [2.24, 2.45) is 23.7 Å². The van der Waals surface area contributed by atoms with Crippen molar-refractivity contribution in [1.29, 1.82) is 0 Å². The normalized spacial score (nSPS) is 15.9. The van der Waals surface area contributed by atoms with E-state index in [9.17, 15) is 44.1 Å². The molecule has 0 bridgehead atoms. The van der Waals surface area contributed by atoms with Gasteiger partial charge in [-0.25, -0.2) is 0 Å². The summed E-state index contributed by atoms with van der Waals surface area (Å²) in [6.07, 6.45) is 102. The van der Waals surface area contributed by atoms with E-state index in [4.69, 9.17) is 28.4 Å². The summed E-state index contributed by atoms with van der Waals surface area (Å²) in [6, 6.07) is 0. The number of aliphatic hydroxyl groups is 3. The van der Waals surface area contributed by atoms with Crippen LogP contribution in [0.25, 0.3) is 0 Å². The monoisotopic (exact) mass is 2010 g/mol. The number of carbonyl (C=O) groups excluding carboxylic acids is 6. The number of hydrogen-bond donors (Lipinski definition) is 3. The lowest BCUT2D eigenvalue weighted by Crippen LogP contribution is -2.29. The number of nitrogens with zero attached hydrogens (tertiary/aromatic N) is 3. The molecule has 142 heavy (non-hydrogen) atoms. The van der Waals surface area contributed by atoms with E-state index in [1.807, 2.05) is 0 Å². The van der Waals surface area contributed by atoms with Crippen LogP contribution in [0, 0.1) is 23.7 Å². The largest absolute Gasteiger partial charge is 0.466 e. The van der Waals surface area contributed by atoms with Gasteiger partial charge in [-0.3, -0.25) is 28.8 Å². The number of carbonyl (C=O) groups is 6. The number of esters is 6. The molecule has 0 aromatic heterocycles. The summed E-state index contributed by atoms with van der Waals surface area (Å²) < 4.78 is 34.3. The first-order valence-electron chi connectivity index (χ1n) is 62.7. The number of unbranched alkanes of at least 4 members (excludes halogenated alkanes) is 53. The Balaban J connectivity index is 0.00000107. The molecule has 3 rings (SSSR count). The molecule has 0 aromatic rings. The number of hydrogen-bond acceptors (Lipinski definition) is 18. The van der Waals surface area contributed by atoms with Gasteiger partial charge in [-0.15, -0.1) is 0 Å². The van der Waals surface area contributed by atoms with E-state index in [0.29, 0.717) is 57.7 Å². The van der Waals surface area contributed by atoms with E-state index in [-0.39, 0.29) is 80.1 Å². The molecule has 3 aliphatic rings. The lowest BCUT2D eigenvalue weighted by Gasteiger charge is -2.35. The third kappa shape index (κ3) is 90.5. The van der Waals surface area contributed by atoms with Gasteiger partial charge in [0.05, 0.1) is 33.0 Å². The van der Waals surface area contributed by atoms with Gasteiger partial charge in [0, 0.05) is 58.2 Å². The number of aliphatic hydroxyl groups excluding tert-OH is 3. The molecule has 1 atom stereocenters. The van der Waals surface area contributed by atoms with Crippen molar-refractivity contribution in [3.05, 3.63) is 0 Å². The molecule has 0 aromatic carbocycles. The van der Waals surface area contributed by atoms with Gasteiger partial charge in [0.15, 0.2) is 0 Å².